The van der Waals surface area contributed by atoms with E-state index in [0.29, 0.717) is 11.5 Å². The Morgan fingerprint density at radius 1 is 1.32 bits per heavy atom. The monoisotopic (exact) mass is 361 g/mol. The molecule has 134 valence electrons. The summed E-state index contributed by atoms with van der Waals surface area (Å²) < 4.78 is 2.82. The van der Waals surface area contributed by atoms with Crippen LogP contribution in [0.15, 0.2) is 4.79 Å². The van der Waals surface area contributed by atoms with Gasteiger partial charge in [0.25, 0.3) is 0 Å². The van der Waals surface area contributed by atoms with Gasteiger partial charge in [0.2, 0.25) is 5.91 Å². The van der Waals surface area contributed by atoms with Gasteiger partial charge in [-0.1, -0.05) is 20.8 Å². The Morgan fingerprint density at radius 3 is 2.56 bits per heavy atom. The Labute approximate surface area is 149 Å². The largest absolute Gasteiger partial charge is 0.352 e. The van der Waals surface area contributed by atoms with Gasteiger partial charge < -0.3 is 4.90 Å². The van der Waals surface area contributed by atoms with Gasteiger partial charge in [-0.3, -0.25) is 4.79 Å². The van der Waals surface area contributed by atoms with E-state index in [-0.39, 0.29) is 24.1 Å². The van der Waals surface area contributed by atoms with E-state index in [1.807, 2.05) is 13.8 Å². The maximum atomic E-state index is 12.9. The fourth-order valence-electron chi connectivity index (χ4n) is 2.99. The van der Waals surface area contributed by atoms with Crippen molar-refractivity contribution in [1.29, 1.82) is 0 Å². The zero-order valence-electron chi connectivity index (χ0n) is 15.5. The molecule has 1 amide bonds. The zero-order valence-corrected chi connectivity index (χ0v) is 16.3. The molecule has 0 radical (unpaired) electrons. The maximum Gasteiger partial charge on any atom is 0.352 e. The van der Waals surface area contributed by atoms with Crippen LogP contribution in [-0.2, 0) is 17.8 Å². The van der Waals surface area contributed by atoms with Crippen molar-refractivity contribution in [1.82, 2.24) is 24.1 Å². The van der Waals surface area contributed by atoms with Crippen LogP contribution < -0.4 is 5.69 Å². The highest BCUT2D eigenvalue weighted by atomic mass is 32.1. The first kappa shape index (κ1) is 17.6. The number of hydrogen-bond donors (Lipinski definition) is 0. The minimum Gasteiger partial charge on any atom is -0.347 e. The summed E-state index contributed by atoms with van der Waals surface area (Å²) in [5.74, 6) is 0.581. The lowest BCUT2D eigenvalue weighted by molar-refractivity contribution is -0.129. The number of aryl methyl sites for hydroxylation is 2. The molecule has 0 N–H and O–H groups in total. The zero-order chi connectivity index (χ0) is 18.5. The Morgan fingerprint density at radius 2 is 2.00 bits per heavy atom. The van der Waals surface area contributed by atoms with Gasteiger partial charge in [-0.2, -0.15) is 0 Å². The summed E-state index contributed by atoms with van der Waals surface area (Å²) in [6.07, 6.45) is 0.849. The van der Waals surface area contributed by atoms with Crippen molar-refractivity contribution in [2.75, 3.05) is 14.1 Å². The fraction of sp³-hybridized carbons (Fsp3) is 0.529. The second-order valence-corrected chi connectivity index (χ2v) is 7.89. The molecule has 8 heteroatoms. The number of rotatable bonds is 4. The Bertz CT molecular complexity index is 1030. The smallest absolute Gasteiger partial charge is 0.347 e. The third kappa shape index (κ3) is 2.74. The van der Waals surface area contributed by atoms with Crippen LogP contribution in [0, 0.1) is 6.92 Å². The highest BCUT2D eigenvalue weighted by Gasteiger charge is 2.22. The van der Waals surface area contributed by atoms with Crippen LogP contribution in [-0.4, -0.2) is 44.1 Å². The number of hydrogen-bond acceptors (Lipinski definition) is 5. The summed E-state index contributed by atoms with van der Waals surface area (Å²) in [4.78, 5) is 33.3. The number of amides is 1. The van der Waals surface area contributed by atoms with Crippen molar-refractivity contribution >= 4 is 33.1 Å². The van der Waals surface area contributed by atoms with Gasteiger partial charge in [-0.05, 0) is 18.9 Å². The van der Waals surface area contributed by atoms with Crippen LogP contribution in [0.5, 0.6) is 0 Å². The quantitative estimate of drug-likeness (QED) is 0.714. The van der Waals surface area contributed by atoms with E-state index in [0.717, 1.165) is 16.6 Å². The van der Waals surface area contributed by atoms with Crippen LogP contribution >= 0.6 is 11.3 Å². The van der Waals surface area contributed by atoms with E-state index in [1.165, 1.54) is 20.0 Å². The molecule has 25 heavy (non-hydrogen) atoms. The number of fused-ring (bicyclic) bond motifs is 3. The average molecular weight is 361 g/mol. The van der Waals surface area contributed by atoms with Crippen molar-refractivity contribution in [3.05, 3.63) is 26.7 Å². The standard InChI is InChI=1S/C17H23N5O2S/c1-7-11-10(4)25-16-13(11)15-19-21(8-12(23)20(5)6)17(24)22(15)14(18-16)9(2)3/h9H,7-8H2,1-6H3. The second-order valence-electron chi connectivity index (χ2n) is 6.68. The molecule has 0 bridgehead atoms. The molecule has 0 saturated carbocycles. The lowest BCUT2D eigenvalue weighted by atomic mass is 10.1. The molecule has 3 aromatic heterocycles. The third-order valence-electron chi connectivity index (χ3n) is 4.35. The number of carbonyl (C=O) groups is 1. The van der Waals surface area contributed by atoms with E-state index in [2.05, 4.69) is 18.9 Å². The van der Waals surface area contributed by atoms with Gasteiger partial charge in [0.1, 0.15) is 17.2 Å². The predicted molar refractivity (Wildman–Crippen MR) is 99.5 cm³/mol. The molecule has 0 aliphatic carbocycles. The minimum absolute atomic E-state index is 0.0688. The average Bonchev–Trinajstić information content (AvgIpc) is 3.03. The van der Waals surface area contributed by atoms with Crippen LogP contribution in [0.3, 0.4) is 0 Å². The summed E-state index contributed by atoms with van der Waals surface area (Å²) in [6, 6.07) is 0. The van der Waals surface area contributed by atoms with Gasteiger partial charge in [-0.15, -0.1) is 16.4 Å². The minimum atomic E-state index is -0.311. The van der Waals surface area contributed by atoms with Crippen LogP contribution in [0.25, 0.3) is 15.9 Å². The predicted octanol–water partition coefficient (Wildman–Crippen LogP) is 2.19. The van der Waals surface area contributed by atoms with E-state index < -0.39 is 0 Å². The Kier molecular flexibility index (Phi) is 4.40. The van der Waals surface area contributed by atoms with Gasteiger partial charge >= 0.3 is 5.69 Å². The first-order chi connectivity index (χ1) is 11.8. The topological polar surface area (TPSA) is 72.5 Å². The molecule has 0 atom stereocenters. The summed E-state index contributed by atoms with van der Waals surface area (Å²) in [6.45, 7) is 8.09. The van der Waals surface area contributed by atoms with Crippen molar-refractivity contribution < 1.29 is 4.79 Å². The van der Waals surface area contributed by atoms with Gasteiger partial charge in [0, 0.05) is 24.9 Å². The maximum absolute atomic E-state index is 12.9. The molecule has 7 nitrogen and oxygen atoms in total. The summed E-state index contributed by atoms with van der Waals surface area (Å²) >= 11 is 1.63. The summed E-state index contributed by atoms with van der Waals surface area (Å²) in [5, 5.41) is 5.45. The summed E-state index contributed by atoms with van der Waals surface area (Å²) in [7, 11) is 3.33. The lowest BCUT2D eigenvalue weighted by Crippen LogP contribution is -2.32. The first-order valence-electron chi connectivity index (χ1n) is 8.37. The molecule has 3 rings (SSSR count). The highest BCUT2D eigenvalue weighted by molar-refractivity contribution is 7.18. The van der Waals surface area contributed by atoms with Gasteiger partial charge in [0.15, 0.2) is 5.65 Å². The van der Waals surface area contributed by atoms with Crippen molar-refractivity contribution in [3.63, 3.8) is 0 Å². The number of likely N-dealkylation sites (N-methyl/N-ethyl adjacent to an activating group) is 1. The Hall–Kier alpha value is -2.22. The third-order valence-corrected chi connectivity index (χ3v) is 5.39. The molecular weight excluding hydrogens is 338 g/mol. The van der Waals surface area contributed by atoms with Crippen molar-refractivity contribution in [2.45, 2.75) is 46.6 Å². The van der Waals surface area contributed by atoms with E-state index in [1.54, 1.807) is 29.8 Å². The summed E-state index contributed by atoms with van der Waals surface area (Å²) in [5.41, 5.74) is 1.46. The number of aromatic nitrogens is 4. The lowest BCUT2D eigenvalue weighted by Gasteiger charge is -2.08. The molecule has 0 spiro atoms. The molecule has 0 saturated heterocycles. The first-order valence-corrected chi connectivity index (χ1v) is 9.19. The van der Waals surface area contributed by atoms with Crippen LogP contribution in [0.2, 0.25) is 0 Å². The fourth-order valence-corrected chi connectivity index (χ4v) is 4.10. The van der Waals surface area contributed by atoms with Gasteiger partial charge in [0.05, 0.1) is 5.39 Å². The van der Waals surface area contributed by atoms with Gasteiger partial charge in [-0.25, -0.2) is 18.9 Å². The van der Waals surface area contributed by atoms with Crippen molar-refractivity contribution in [2.24, 2.45) is 0 Å². The molecule has 0 aliphatic heterocycles. The molecular formula is C17H23N5O2S. The number of carbonyl (C=O) groups excluding carboxylic acids is 1. The molecule has 0 unspecified atom stereocenters. The SMILES string of the molecule is CCc1c(C)sc2nc(C(C)C)n3c(=O)n(CC(=O)N(C)C)nc3c12. The molecule has 3 heterocycles. The molecule has 0 aliphatic rings. The number of thiophene rings is 1. The normalized spacial score (nSPS) is 11.8. The second kappa shape index (κ2) is 6.25. The molecule has 3 aromatic rings. The number of nitrogens with zero attached hydrogens (tertiary/aromatic N) is 5. The van der Waals surface area contributed by atoms with Crippen molar-refractivity contribution in [3.8, 4) is 0 Å². The van der Waals surface area contributed by atoms with E-state index >= 15 is 0 Å². The highest BCUT2D eigenvalue weighted by Crippen LogP contribution is 2.33. The Balaban J connectivity index is 2.39. The van der Waals surface area contributed by atoms with E-state index in [9.17, 15) is 9.59 Å². The molecule has 0 aromatic carbocycles. The van der Waals surface area contributed by atoms with Crippen LogP contribution in [0.1, 0.15) is 43.0 Å². The van der Waals surface area contributed by atoms with Crippen LogP contribution in [0.4, 0.5) is 0 Å². The molecule has 0 fully saturated rings. The van der Waals surface area contributed by atoms with E-state index in [4.69, 9.17) is 4.98 Å².